The molecule has 0 aliphatic heterocycles. The van der Waals surface area contributed by atoms with E-state index >= 15 is 0 Å². The summed E-state index contributed by atoms with van der Waals surface area (Å²) < 4.78 is 20.3. The lowest BCUT2D eigenvalue weighted by Crippen LogP contribution is -1.33. The Morgan fingerprint density at radius 1 is 1.17 bits per heavy atom. The Kier molecular flexibility index (Phi) is 13.3. The first-order chi connectivity index (χ1) is 2.73. The van der Waals surface area contributed by atoms with Crippen LogP contribution in [0.4, 0.5) is 8.78 Å². The smallest absolute Gasteiger partial charge is 0.174 e. The first-order valence-corrected chi connectivity index (χ1v) is 1.23. The zero-order chi connectivity index (χ0) is 5.58. The Morgan fingerprint density at radius 3 is 1.17 bits per heavy atom. The fourth-order valence-corrected chi connectivity index (χ4v) is 0. The Morgan fingerprint density at radius 2 is 1.17 bits per heavy atom. The summed E-state index contributed by atoms with van der Waals surface area (Å²) in [6, 6.07) is 0. The van der Waals surface area contributed by atoms with Gasteiger partial charge in [-0.05, 0) is 6.58 Å². The Labute approximate surface area is 35.8 Å². The number of halogens is 2. The third kappa shape index (κ3) is 42.0. The van der Waals surface area contributed by atoms with Gasteiger partial charge in [-0.1, -0.05) is 0 Å². The molecule has 2 heteroatoms. The van der Waals surface area contributed by atoms with Crippen molar-refractivity contribution in [3.8, 4) is 0 Å². The molecule has 0 saturated heterocycles. The first-order valence-electron chi connectivity index (χ1n) is 1.23. The molecule has 0 aliphatic rings. The van der Waals surface area contributed by atoms with E-state index in [0.29, 0.717) is 0 Å². The standard InChI is InChI=1S/C2H2F2.C2H4/c1-2(3)4;1-2/h1H2;1-2H2. The van der Waals surface area contributed by atoms with Gasteiger partial charge in [0.05, 0.1) is 0 Å². The van der Waals surface area contributed by atoms with Crippen LogP contribution in [0.25, 0.3) is 0 Å². The van der Waals surface area contributed by atoms with Crippen LogP contribution in [0, 0.1) is 0 Å². The molecule has 0 aromatic heterocycles. The SMILES string of the molecule is C=C.C=C(F)F. The Bertz CT molecular complexity index is 36.8. The van der Waals surface area contributed by atoms with Gasteiger partial charge in [-0.15, -0.1) is 13.2 Å². The highest BCUT2D eigenvalue weighted by Crippen LogP contribution is 1.85. The minimum absolute atomic E-state index is 1.83. The lowest BCUT2D eigenvalue weighted by atomic mass is 11.2. The summed E-state index contributed by atoms with van der Waals surface area (Å²) in [7, 11) is 0. The molecule has 0 spiro atoms. The summed E-state index contributed by atoms with van der Waals surface area (Å²) in [5.41, 5.74) is 0. The van der Waals surface area contributed by atoms with Crippen molar-refractivity contribution in [1.82, 2.24) is 0 Å². The minimum Gasteiger partial charge on any atom is -0.174 e. The van der Waals surface area contributed by atoms with Crippen molar-refractivity contribution in [3.05, 3.63) is 25.8 Å². The molecule has 0 unspecified atom stereocenters. The van der Waals surface area contributed by atoms with Gasteiger partial charge in [0, 0.05) is 0 Å². The molecule has 0 heterocycles. The van der Waals surface area contributed by atoms with Crippen LogP contribution in [0.2, 0.25) is 0 Å². The molecule has 0 radical (unpaired) electrons. The third-order valence-electron chi connectivity index (χ3n) is 0. The highest BCUT2D eigenvalue weighted by Gasteiger charge is 1.65. The maximum atomic E-state index is 10.1. The predicted octanol–water partition coefficient (Wildman–Crippen LogP) is 2.20. The van der Waals surface area contributed by atoms with Crippen molar-refractivity contribution in [2.45, 2.75) is 0 Å². The van der Waals surface area contributed by atoms with Crippen LogP contribution >= 0.6 is 0 Å². The molecule has 6 heavy (non-hydrogen) atoms. The quantitative estimate of drug-likeness (QED) is 0.402. The lowest BCUT2D eigenvalue weighted by molar-refractivity contribution is 0.426. The van der Waals surface area contributed by atoms with Gasteiger partial charge in [0.25, 0.3) is 6.08 Å². The second-order valence-corrected chi connectivity index (χ2v) is 0.339. The van der Waals surface area contributed by atoms with Gasteiger partial charge in [0.1, 0.15) is 0 Å². The van der Waals surface area contributed by atoms with Crippen LogP contribution in [0.3, 0.4) is 0 Å². The molecule has 36 valence electrons. The van der Waals surface area contributed by atoms with E-state index in [2.05, 4.69) is 19.7 Å². The summed E-state index contributed by atoms with van der Waals surface area (Å²) in [6.45, 7) is 8.22. The molecule has 0 saturated carbocycles. The highest BCUT2D eigenvalue weighted by molar-refractivity contribution is 4.57. The molecule has 0 aromatic carbocycles. The average molecular weight is 92.1 g/mol. The van der Waals surface area contributed by atoms with Gasteiger partial charge in [0.2, 0.25) is 0 Å². The number of hydrogen-bond donors (Lipinski definition) is 0. The van der Waals surface area contributed by atoms with Crippen molar-refractivity contribution >= 4 is 0 Å². The van der Waals surface area contributed by atoms with Gasteiger partial charge >= 0.3 is 0 Å². The fraction of sp³-hybridized carbons (Fsp3) is 0. The van der Waals surface area contributed by atoms with Crippen molar-refractivity contribution in [2.75, 3.05) is 0 Å². The molecular weight excluding hydrogens is 86.0 g/mol. The van der Waals surface area contributed by atoms with E-state index < -0.39 is 6.08 Å². The van der Waals surface area contributed by atoms with E-state index in [1.54, 1.807) is 0 Å². The summed E-state index contributed by atoms with van der Waals surface area (Å²) in [5, 5.41) is 0. The van der Waals surface area contributed by atoms with Gasteiger partial charge in [-0.3, -0.25) is 0 Å². The normalized spacial score (nSPS) is 5.00. The second-order valence-electron chi connectivity index (χ2n) is 0.339. The average Bonchev–Trinajstić information content (AvgIpc) is 1.41. The minimum atomic E-state index is -1.83. The Hall–Kier alpha value is -0.660. The van der Waals surface area contributed by atoms with Gasteiger partial charge in [0.15, 0.2) is 0 Å². The van der Waals surface area contributed by atoms with Crippen LogP contribution in [-0.4, -0.2) is 0 Å². The molecule has 0 N–H and O–H groups in total. The van der Waals surface area contributed by atoms with Crippen LogP contribution in [-0.2, 0) is 0 Å². The van der Waals surface area contributed by atoms with E-state index in [4.69, 9.17) is 0 Å². The van der Waals surface area contributed by atoms with Crippen LogP contribution in [0.5, 0.6) is 0 Å². The summed E-state index contributed by atoms with van der Waals surface area (Å²) >= 11 is 0. The van der Waals surface area contributed by atoms with Gasteiger partial charge in [-0.2, -0.15) is 8.78 Å². The van der Waals surface area contributed by atoms with Crippen LogP contribution < -0.4 is 0 Å². The maximum Gasteiger partial charge on any atom is 0.263 e. The van der Waals surface area contributed by atoms with E-state index in [1.807, 2.05) is 0 Å². The number of hydrogen-bond acceptors (Lipinski definition) is 0. The van der Waals surface area contributed by atoms with Crippen molar-refractivity contribution < 1.29 is 8.78 Å². The van der Waals surface area contributed by atoms with Gasteiger partial charge in [-0.25, -0.2) is 0 Å². The molecule has 0 aromatic rings. The van der Waals surface area contributed by atoms with Crippen molar-refractivity contribution in [1.29, 1.82) is 0 Å². The molecule has 0 aliphatic carbocycles. The largest absolute Gasteiger partial charge is 0.263 e. The summed E-state index contributed by atoms with van der Waals surface area (Å²) in [4.78, 5) is 0. The highest BCUT2D eigenvalue weighted by atomic mass is 19.3. The monoisotopic (exact) mass is 92.0 g/mol. The molecular formula is C4H6F2. The zero-order valence-electron chi connectivity index (χ0n) is 3.38. The number of rotatable bonds is 0. The predicted molar refractivity (Wildman–Crippen MR) is 22.6 cm³/mol. The van der Waals surface area contributed by atoms with Crippen molar-refractivity contribution in [3.63, 3.8) is 0 Å². The maximum absolute atomic E-state index is 10.1. The lowest BCUT2D eigenvalue weighted by Gasteiger charge is -1.54. The zero-order valence-corrected chi connectivity index (χ0v) is 3.38. The molecule has 0 bridgehead atoms. The molecule has 0 fully saturated rings. The van der Waals surface area contributed by atoms with Crippen LogP contribution in [0.1, 0.15) is 0 Å². The van der Waals surface area contributed by atoms with E-state index in [9.17, 15) is 8.78 Å². The summed E-state index contributed by atoms with van der Waals surface area (Å²) in [5.74, 6) is 0. The van der Waals surface area contributed by atoms with Gasteiger partial charge < -0.3 is 0 Å². The fourth-order valence-electron chi connectivity index (χ4n) is 0. The second kappa shape index (κ2) is 8.84. The van der Waals surface area contributed by atoms with E-state index in [1.165, 1.54) is 0 Å². The van der Waals surface area contributed by atoms with E-state index in [-0.39, 0.29) is 0 Å². The third-order valence-corrected chi connectivity index (χ3v) is 0. The van der Waals surface area contributed by atoms with E-state index in [0.717, 1.165) is 0 Å². The molecule has 0 amide bonds. The molecule has 0 rings (SSSR count). The molecule has 0 nitrogen and oxygen atoms in total. The molecule has 0 atom stereocenters. The van der Waals surface area contributed by atoms with Crippen LogP contribution in [0.15, 0.2) is 25.8 Å². The topological polar surface area (TPSA) is 0 Å². The Balaban J connectivity index is 0. The summed E-state index contributed by atoms with van der Waals surface area (Å²) in [6.07, 6.45) is -1.83. The first kappa shape index (κ1) is 9.02. The van der Waals surface area contributed by atoms with Crippen molar-refractivity contribution in [2.24, 2.45) is 0 Å².